The van der Waals surface area contributed by atoms with Gasteiger partial charge in [0.1, 0.15) is 5.75 Å². The lowest BCUT2D eigenvalue weighted by atomic mass is 9.99. The van der Waals surface area contributed by atoms with Crippen LogP contribution in [0.5, 0.6) is 5.75 Å². The molecule has 2 nitrogen and oxygen atoms in total. The maximum atomic E-state index is 10.1. The highest BCUT2D eigenvalue weighted by molar-refractivity contribution is 7.10. The molecule has 0 aliphatic carbocycles. The van der Waals surface area contributed by atoms with E-state index in [9.17, 15) is 5.11 Å². The summed E-state index contributed by atoms with van der Waals surface area (Å²) >= 11 is 1.78. The van der Waals surface area contributed by atoms with Gasteiger partial charge in [-0.05, 0) is 42.8 Å². The molecule has 2 aromatic rings. The molecule has 2 atom stereocenters. The van der Waals surface area contributed by atoms with Crippen molar-refractivity contribution in [2.24, 2.45) is 5.92 Å². The van der Waals surface area contributed by atoms with E-state index in [1.165, 1.54) is 4.88 Å². The molecule has 0 spiro atoms. The lowest BCUT2D eigenvalue weighted by Gasteiger charge is -2.26. The van der Waals surface area contributed by atoms with Crippen molar-refractivity contribution in [3.63, 3.8) is 0 Å². The molecule has 1 aromatic carbocycles. The molecule has 2 unspecified atom stereocenters. The van der Waals surface area contributed by atoms with Gasteiger partial charge in [0.25, 0.3) is 0 Å². The van der Waals surface area contributed by atoms with Crippen molar-refractivity contribution in [1.82, 2.24) is 5.32 Å². The Hall–Kier alpha value is -1.32. The second-order valence-corrected chi connectivity index (χ2v) is 6.67. The summed E-state index contributed by atoms with van der Waals surface area (Å²) in [6, 6.07) is 10.6. The molecular formula is C17H23NOS. The number of hydrogen-bond donors (Lipinski definition) is 2. The van der Waals surface area contributed by atoms with Crippen LogP contribution < -0.4 is 5.32 Å². The largest absolute Gasteiger partial charge is 0.508 e. The predicted octanol–water partition coefficient (Wildman–Crippen LogP) is 4.81. The standard InChI is InChI=1S/C17H23NOS/c1-11(2)17(16-6-5-9-20-16)18-13(4)14-8-7-12(3)10-15(14)19/h5-11,13,17-19H,1-4H3. The highest BCUT2D eigenvalue weighted by atomic mass is 32.1. The van der Waals surface area contributed by atoms with Crippen LogP contribution in [-0.4, -0.2) is 5.11 Å². The van der Waals surface area contributed by atoms with Gasteiger partial charge in [0.15, 0.2) is 0 Å². The summed E-state index contributed by atoms with van der Waals surface area (Å²) in [4.78, 5) is 1.35. The molecular weight excluding hydrogens is 266 g/mol. The fourth-order valence-corrected chi connectivity index (χ4v) is 3.41. The summed E-state index contributed by atoms with van der Waals surface area (Å²) in [5.41, 5.74) is 2.04. The van der Waals surface area contributed by atoms with E-state index in [2.05, 4.69) is 43.6 Å². The third-order valence-electron chi connectivity index (χ3n) is 3.60. The average molecular weight is 289 g/mol. The summed E-state index contributed by atoms with van der Waals surface area (Å²) in [7, 11) is 0. The van der Waals surface area contributed by atoms with Gasteiger partial charge in [0.2, 0.25) is 0 Å². The number of rotatable bonds is 5. The normalized spacial score (nSPS) is 14.4. The second kappa shape index (κ2) is 6.42. The van der Waals surface area contributed by atoms with E-state index in [1.807, 2.05) is 25.1 Å². The zero-order valence-corrected chi connectivity index (χ0v) is 13.4. The van der Waals surface area contributed by atoms with Crippen LogP contribution in [0.3, 0.4) is 0 Å². The van der Waals surface area contributed by atoms with Crippen molar-refractivity contribution >= 4 is 11.3 Å². The van der Waals surface area contributed by atoms with E-state index in [0.717, 1.165) is 11.1 Å². The molecule has 0 saturated carbocycles. The van der Waals surface area contributed by atoms with Crippen LogP contribution in [0.4, 0.5) is 0 Å². The number of nitrogens with one attached hydrogen (secondary N) is 1. The number of aromatic hydroxyl groups is 1. The van der Waals surface area contributed by atoms with Gasteiger partial charge in [-0.2, -0.15) is 0 Å². The highest BCUT2D eigenvalue weighted by Gasteiger charge is 2.20. The Kier molecular flexibility index (Phi) is 4.84. The summed E-state index contributed by atoms with van der Waals surface area (Å²) in [6.45, 7) is 8.54. The molecule has 0 saturated heterocycles. The van der Waals surface area contributed by atoms with E-state index >= 15 is 0 Å². The Morgan fingerprint density at radius 2 is 1.90 bits per heavy atom. The van der Waals surface area contributed by atoms with Crippen molar-refractivity contribution in [3.8, 4) is 5.75 Å². The minimum atomic E-state index is 0.116. The van der Waals surface area contributed by atoms with Gasteiger partial charge in [0.05, 0.1) is 0 Å². The van der Waals surface area contributed by atoms with Crippen LogP contribution in [0.15, 0.2) is 35.7 Å². The van der Waals surface area contributed by atoms with Crippen molar-refractivity contribution < 1.29 is 5.11 Å². The molecule has 20 heavy (non-hydrogen) atoms. The van der Waals surface area contributed by atoms with Crippen molar-refractivity contribution in [2.75, 3.05) is 0 Å². The van der Waals surface area contributed by atoms with Crippen LogP contribution in [-0.2, 0) is 0 Å². The van der Waals surface area contributed by atoms with Gasteiger partial charge in [-0.15, -0.1) is 11.3 Å². The minimum absolute atomic E-state index is 0.116. The molecule has 3 heteroatoms. The van der Waals surface area contributed by atoms with E-state index in [0.29, 0.717) is 17.7 Å². The average Bonchev–Trinajstić information content (AvgIpc) is 2.88. The number of phenols is 1. The summed E-state index contributed by atoms with van der Waals surface area (Å²) in [5.74, 6) is 0.877. The SMILES string of the molecule is Cc1ccc(C(C)NC(c2cccs2)C(C)C)c(O)c1. The Balaban J connectivity index is 2.18. The van der Waals surface area contributed by atoms with Crippen LogP contribution in [0.1, 0.15) is 48.9 Å². The van der Waals surface area contributed by atoms with Crippen LogP contribution in [0, 0.1) is 12.8 Å². The molecule has 0 bridgehead atoms. The van der Waals surface area contributed by atoms with Crippen LogP contribution >= 0.6 is 11.3 Å². The molecule has 0 aliphatic heterocycles. The minimum Gasteiger partial charge on any atom is -0.508 e. The molecule has 2 N–H and O–H groups in total. The van der Waals surface area contributed by atoms with Gasteiger partial charge in [0, 0.05) is 22.5 Å². The molecule has 2 rings (SSSR count). The molecule has 0 fully saturated rings. The molecule has 0 amide bonds. The zero-order valence-electron chi connectivity index (χ0n) is 12.6. The number of hydrogen-bond acceptors (Lipinski definition) is 3. The third-order valence-corrected chi connectivity index (χ3v) is 4.55. The van der Waals surface area contributed by atoms with Gasteiger partial charge in [-0.1, -0.05) is 32.0 Å². The van der Waals surface area contributed by atoms with E-state index < -0.39 is 0 Å². The van der Waals surface area contributed by atoms with Gasteiger partial charge < -0.3 is 10.4 Å². The first-order chi connectivity index (χ1) is 9.49. The zero-order chi connectivity index (χ0) is 14.7. The fraction of sp³-hybridized carbons (Fsp3) is 0.412. The van der Waals surface area contributed by atoms with Gasteiger partial charge in [-0.3, -0.25) is 0 Å². The first kappa shape index (κ1) is 15.1. The maximum Gasteiger partial charge on any atom is 0.120 e. The first-order valence-electron chi connectivity index (χ1n) is 7.08. The van der Waals surface area contributed by atoms with Crippen LogP contribution in [0.25, 0.3) is 0 Å². The Morgan fingerprint density at radius 1 is 1.15 bits per heavy atom. The monoisotopic (exact) mass is 289 g/mol. The molecule has 1 heterocycles. The Morgan fingerprint density at radius 3 is 2.45 bits per heavy atom. The molecule has 1 aromatic heterocycles. The van der Waals surface area contributed by atoms with E-state index in [-0.39, 0.29) is 6.04 Å². The smallest absolute Gasteiger partial charge is 0.120 e. The molecule has 0 radical (unpaired) electrons. The maximum absolute atomic E-state index is 10.1. The summed E-state index contributed by atoms with van der Waals surface area (Å²) < 4.78 is 0. The van der Waals surface area contributed by atoms with Gasteiger partial charge >= 0.3 is 0 Å². The summed E-state index contributed by atoms with van der Waals surface area (Å²) in [5, 5.41) is 15.9. The lowest BCUT2D eigenvalue weighted by Crippen LogP contribution is -2.27. The topological polar surface area (TPSA) is 32.3 Å². The second-order valence-electron chi connectivity index (χ2n) is 5.69. The number of benzene rings is 1. The predicted molar refractivity (Wildman–Crippen MR) is 86.3 cm³/mol. The Bertz CT molecular complexity index is 548. The number of thiophene rings is 1. The van der Waals surface area contributed by atoms with E-state index in [4.69, 9.17) is 0 Å². The van der Waals surface area contributed by atoms with Crippen LogP contribution in [0.2, 0.25) is 0 Å². The van der Waals surface area contributed by atoms with Gasteiger partial charge in [-0.25, -0.2) is 0 Å². The first-order valence-corrected chi connectivity index (χ1v) is 7.96. The van der Waals surface area contributed by atoms with Crippen molar-refractivity contribution in [1.29, 1.82) is 0 Å². The number of aryl methyl sites for hydroxylation is 1. The van der Waals surface area contributed by atoms with Crippen molar-refractivity contribution in [3.05, 3.63) is 51.7 Å². The Labute approximate surface area is 125 Å². The van der Waals surface area contributed by atoms with Crippen molar-refractivity contribution in [2.45, 2.75) is 39.8 Å². The highest BCUT2D eigenvalue weighted by Crippen LogP contribution is 2.31. The lowest BCUT2D eigenvalue weighted by molar-refractivity contribution is 0.370. The summed E-state index contributed by atoms with van der Waals surface area (Å²) in [6.07, 6.45) is 0. The number of phenolic OH excluding ortho intramolecular Hbond substituents is 1. The quantitative estimate of drug-likeness (QED) is 0.828. The molecule has 108 valence electrons. The third kappa shape index (κ3) is 3.41. The molecule has 0 aliphatic rings. The fourth-order valence-electron chi connectivity index (χ4n) is 2.45. The van der Waals surface area contributed by atoms with E-state index in [1.54, 1.807) is 11.3 Å².